The van der Waals surface area contributed by atoms with E-state index in [1.165, 1.54) is 12.8 Å². The van der Waals surface area contributed by atoms with Crippen molar-refractivity contribution in [3.63, 3.8) is 0 Å². The summed E-state index contributed by atoms with van der Waals surface area (Å²) >= 11 is 0. The minimum absolute atomic E-state index is 0.424. The molecule has 0 aliphatic carbocycles. The van der Waals surface area contributed by atoms with E-state index in [4.69, 9.17) is 5.73 Å². The van der Waals surface area contributed by atoms with E-state index >= 15 is 0 Å². The lowest BCUT2D eigenvalue weighted by molar-refractivity contribution is 0.372. The van der Waals surface area contributed by atoms with Gasteiger partial charge in [0, 0.05) is 25.0 Å². The molecule has 2 unspecified atom stereocenters. The minimum Gasteiger partial charge on any atom is -0.352 e. The van der Waals surface area contributed by atoms with Crippen LogP contribution in [0.1, 0.15) is 45.2 Å². The van der Waals surface area contributed by atoms with E-state index < -0.39 is 0 Å². The second-order valence-electron chi connectivity index (χ2n) is 6.49. The Balaban J connectivity index is 2.02. The zero-order chi connectivity index (χ0) is 15.0. The lowest BCUT2D eigenvalue weighted by Crippen LogP contribution is -2.44. The quantitative estimate of drug-likeness (QED) is 0.942. The Bertz CT molecular complexity index is 618. The summed E-state index contributed by atoms with van der Waals surface area (Å²) in [5.41, 5.74) is 8.10. The third-order valence-electron chi connectivity index (χ3n) is 4.56. The molecule has 1 aliphatic rings. The van der Waals surface area contributed by atoms with E-state index in [-0.39, 0.29) is 0 Å². The molecule has 2 N–H and O–H groups in total. The maximum atomic E-state index is 5.88. The van der Waals surface area contributed by atoms with E-state index in [9.17, 15) is 0 Å². The van der Waals surface area contributed by atoms with Crippen molar-refractivity contribution in [3.8, 4) is 0 Å². The molecule has 1 saturated heterocycles. The summed E-state index contributed by atoms with van der Waals surface area (Å²) < 4.78 is 1.95. The SMILES string of the molecule is CC(C)c1cc2c(N3CC(CN)CCC3C)nccn2n1. The molecule has 2 atom stereocenters. The highest BCUT2D eigenvalue weighted by atomic mass is 15.3. The highest BCUT2D eigenvalue weighted by Crippen LogP contribution is 2.29. The molecule has 0 spiro atoms. The number of piperidine rings is 1. The molecule has 0 radical (unpaired) electrons. The van der Waals surface area contributed by atoms with Crippen LogP contribution < -0.4 is 10.6 Å². The first-order valence-corrected chi connectivity index (χ1v) is 7.91. The van der Waals surface area contributed by atoms with Crippen LogP contribution in [0, 0.1) is 5.92 Å². The second-order valence-corrected chi connectivity index (χ2v) is 6.49. The van der Waals surface area contributed by atoms with Crippen LogP contribution in [-0.2, 0) is 0 Å². The number of rotatable bonds is 3. The van der Waals surface area contributed by atoms with Gasteiger partial charge in [-0.05, 0) is 44.2 Å². The first-order valence-electron chi connectivity index (χ1n) is 7.91. The Labute approximate surface area is 126 Å². The van der Waals surface area contributed by atoms with Crippen LogP contribution in [0.15, 0.2) is 18.5 Å². The van der Waals surface area contributed by atoms with Crippen LogP contribution in [0.25, 0.3) is 5.52 Å². The van der Waals surface area contributed by atoms with Gasteiger partial charge in [0.25, 0.3) is 0 Å². The Morgan fingerprint density at radius 3 is 2.90 bits per heavy atom. The molecule has 1 fully saturated rings. The van der Waals surface area contributed by atoms with Gasteiger partial charge in [-0.3, -0.25) is 0 Å². The van der Waals surface area contributed by atoms with Crippen molar-refractivity contribution in [1.29, 1.82) is 0 Å². The number of nitrogens with two attached hydrogens (primary N) is 1. The molecule has 0 bridgehead atoms. The molecule has 3 rings (SSSR count). The van der Waals surface area contributed by atoms with Crippen LogP contribution in [0.4, 0.5) is 5.82 Å². The smallest absolute Gasteiger partial charge is 0.154 e. The van der Waals surface area contributed by atoms with Crippen molar-refractivity contribution < 1.29 is 0 Å². The number of anilines is 1. The fourth-order valence-corrected chi connectivity index (χ4v) is 3.10. The Morgan fingerprint density at radius 1 is 1.38 bits per heavy atom. The fraction of sp³-hybridized carbons (Fsp3) is 0.625. The molecule has 0 aromatic carbocycles. The summed E-state index contributed by atoms with van der Waals surface area (Å²) in [6.07, 6.45) is 6.17. The van der Waals surface area contributed by atoms with Crippen molar-refractivity contribution in [2.45, 2.75) is 45.6 Å². The van der Waals surface area contributed by atoms with Crippen molar-refractivity contribution in [1.82, 2.24) is 14.6 Å². The molecule has 5 heteroatoms. The Morgan fingerprint density at radius 2 is 2.19 bits per heavy atom. The third kappa shape index (κ3) is 2.62. The van der Waals surface area contributed by atoms with Crippen molar-refractivity contribution in [3.05, 3.63) is 24.2 Å². The molecule has 0 saturated carbocycles. The number of aromatic nitrogens is 3. The van der Waals surface area contributed by atoms with Crippen molar-refractivity contribution >= 4 is 11.3 Å². The topological polar surface area (TPSA) is 59.5 Å². The number of fused-ring (bicyclic) bond motifs is 1. The monoisotopic (exact) mass is 287 g/mol. The normalized spacial score (nSPS) is 23.2. The van der Waals surface area contributed by atoms with E-state index in [0.717, 1.165) is 30.1 Å². The van der Waals surface area contributed by atoms with Crippen LogP contribution in [0.5, 0.6) is 0 Å². The molecule has 2 aromatic heterocycles. The average molecular weight is 287 g/mol. The van der Waals surface area contributed by atoms with Gasteiger partial charge in [-0.2, -0.15) is 5.10 Å². The van der Waals surface area contributed by atoms with E-state index in [2.05, 4.69) is 41.8 Å². The highest BCUT2D eigenvalue weighted by Gasteiger charge is 2.27. The lowest BCUT2D eigenvalue weighted by Gasteiger charge is -2.38. The zero-order valence-electron chi connectivity index (χ0n) is 13.2. The second kappa shape index (κ2) is 5.64. The maximum absolute atomic E-state index is 5.88. The zero-order valence-corrected chi connectivity index (χ0v) is 13.2. The first-order chi connectivity index (χ1) is 10.1. The summed E-state index contributed by atoms with van der Waals surface area (Å²) in [5, 5.41) is 4.66. The van der Waals surface area contributed by atoms with Gasteiger partial charge in [-0.1, -0.05) is 13.8 Å². The molecule has 0 amide bonds. The molecule has 2 aromatic rings. The summed E-state index contributed by atoms with van der Waals surface area (Å²) in [6, 6.07) is 2.68. The summed E-state index contributed by atoms with van der Waals surface area (Å²) in [6.45, 7) is 8.36. The minimum atomic E-state index is 0.424. The highest BCUT2D eigenvalue weighted by molar-refractivity contribution is 5.69. The standard InChI is InChI=1S/C16H25N5/c1-11(2)14-8-15-16(18-6-7-21(15)19-14)20-10-13(9-17)5-4-12(20)3/h6-8,11-13H,4-5,9-10,17H2,1-3H3. The predicted octanol–water partition coefficient (Wildman–Crippen LogP) is 2.42. The number of nitrogens with zero attached hydrogens (tertiary/aromatic N) is 4. The van der Waals surface area contributed by atoms with Gasteiger partial charge in [0.15, 0.2) is 5.82 Å². The van der Waals surface area contributed by atoms with Gasteiger partial charge in [-0.15, -0.1) is 0 Å². The van der Waals surface area contributed by atoms with Gasteiger partial charge >= 0.3 is 0 Å². The van der Waals surface area contributed by atoms with E-state index in [1.807, 2.05) is 16.9 Å². The fourth-order valence-electron chi connectivity index (χ4n) is 3.10. The molecular formula is C16H25N5. The third-order valence-corrected chi connectivity index (χ3v) is 4.56. The van der Waals surface area contributed by atoms with Gasteiger partial charge < -0.3 is 10.6 Å². The van der Waals surface area contributed by atoms with Crippen LogP contribution in [0.2, 0.25) is 0 Å². The molecular weight excluding hydrogens is 262 g/mol. The van der Waals surface area contributed by atoms with E-state index in [0.29, 0.717) is 17.9 Å². The molecule has 1 aliphatic heterocycles. The van der Waals surface area contributed by atoms with Crippen molar-refractivity contribution in [2.24, 2.45) is 11.7 Å². The summed E-state index contributed by atoms with van der Waals surface area (Å²) in [5.74, 6) is 2.03. The van der Waals surface area contributed by atoms with Gasteiger partial charge in [0.2, 0.25) is 0 Å². The molecule has 5 nitrogen and oxygen atoms in total. The van der Waals surface area contributed by atoms with Crippen LogP contribution in [-0.4, -0.2) is 33.7 Å². The number of hydrogen-bond donors (Lipinski definition) is 1. The maximum Gasteiger partial charge on any atom is 0.154 e. The van der Waals surface area contributed by atoms with Gasteiger partial charge in [0.05, 0.1) is 5.69 Å². The molecule has 3 heterocycles. The molecule has 114 valence electrons. The van der Waals surface area contributed by atoms with E-state index in [1.54, 1.807) is 0 Å². The van der Waals surface area contributed by atoms with Crippen molar-refractivity contribution in [2.75, 3.05) is 18.0 Å². The summed E-state index contributed by atoms with van der Waals surface area (Å²) in [7, 11) is 0. The lowest BCUT2D eigenvalue weighted by atomic mass is 9.93. The first kappa shape index (κ1) is 14.3. The number of hydrogen-bond acceptors (Lipinski definition) is 4. The average Bonchev–Trinajstić information content (AvgIpc) is 2.92. The summed E-state index contributed by atoms with van der Waals surface area (Å²) in [4.78, 5) is 7.05. The Hall–Kier alpha value is -1.62. The van der Waals surface area contributed by atoms with Gasteiger partial charge in [-0.25, -0.2) is 9.50 Å². The van der Waals surface area contributed by atoms with Crippen LogP contribution in [0.3, 0.4) is 0 Å². The Kier molecular flexibility index (Phi) is 3.85. The molecule has 21 heavy (non-hydrogen) atoms. The van der Waals surface area contributed by atoms with Gasteiger partial charge in [0.1, 0.15) is 5.52 Å². The largest absolute Gasteiger partial charge is 0.352 e. The van der Waals surface area contributed by atoms with Crippen LogP contribution >= 0.6 is 0 Å². The predicted molar refractivity (Wildman–Crippen MR) is 85.7 cm³/mol.